The predicted molar refractivity (Wildman–Crippen MR) is 78.7 cm³/mol. The van der Waals surface area contributed by atoms with Gasteiger partial charge in [0.1, 0.15) is 5.15 Å². The molecule has 3 aromatic heterocycles. The summed E-state index contributed by atoms with van der Waals surface area (Å²) in [5.41, 5.74) is 1.06. The van der Waals surface area contributed by atoms with E-state index in [0.717, 1.165) is 3.97 Å². The Hall–Kier alpha value is -1.93. The van der Waals surface area contributed by atoms with Gasteiger partial charge in [-0.3, -0.25) is 0 Å². The normalized spacial score (nSPS) is 11.3. The summed E-state index contributed by atoms with van der Waals surface area (Å²) in [6.07, 6.45) is 2.76. The summed E-state index contributed by atoms with van der Waals surface area (Å²) in [7, 11) is 0. The van der Waals surface area contributed by atoms with Crippen molar-refractivity contribution in [2.45, 2.75) is 6.61 Å². The largest absolute Gasteiger partial charge is 0.416 e. The molecule has 0 atom stereocenters. The van der Waals surface area contributed by atoms with Gasteiger partial charge in [0, 0.05) is 28.9 Å². The fourth-order valence-electron chi connectivity index (χ4n) is 2.09. The molecule has 0 aliphatic rings. The standard InChI is InChI=1S/C13H7ClF3N3OS/c14-10-4-3-7-9(6-20(22-17)11(7)19-10)8-2-1-5-18-12(8)21-13(15)16/h1-6,13H. The number of alkyl halides is 2. The molecule has 0 N–H and O–H groups in total. The first kappa shape index (κ1) is 15.0. The third kappa shape index (κ3) is 2.71. The monoisotopic (exact) mass is 345 g/mol. The lowest BCUT2D eigenvalue weighted by Crippen LogP contribution is -2.04. The van der Waals surface area contributed by atoms with E-state index in [1.54, 1.807) is 18.2 Å². The van der Waals surface area contributed by atoms with E-state index in [4.69, 9.17) is 11.6 Å². The Morgan fingerprint density at radius 3 is 2.77 bits per heavy atom. The summed E-state index contributed by atoms with van der Waals surface area (Å²) in [5, 5.41) is 0.740. The fraction of sp³-hybridized carbons (Fsp3) is 0.0769. The third-order valence-corrected chi connectivity index (χ3v) is 3.56. The van der Waals surface area contributed by atoms with Gasteiger partial charge in [0.05, 0.1) is 0 Å². The Morgan fingerprint density at radius 1 is 1.23 bits per heavy atom. The second-order valence-electron chi connectivity index (χ2n) is 4.18. The molecule has 0 fully saturated rings. The first-order valence-electron chi connectivity index (χ1n) is 5.97. The van der Waals surface area contributed by atoms with Crippen LogP contribution in [0.3, 0.4) is 0 Å². The number of pyridine rings is 2. The van der Waals surface area contributed by atoms with Crippen LogP contribution in [0.4, 0.5) is 12.7 Å². The molecule has 0 radical (unpaired) electrons. The van der Waals surface area contributed by atoms with Crippen molar-refractivity contribution >= 4 is 35.0 Å². The molecule has 9 heteroatoms. The lowest BCUT2D eigenvalue weighted by atomic mass is 10.1. The molecule has 22 heavy (non-hydrogen) atoms. The zero-order valence-corrected chi connectivity index (χ0v) is 12.3. The highest BCUT2D eigenvalue weighted by Crippen LogP contribution is 2.37. The number of halogens is 4. The number of rotatable bonds is 4. The zero-order chi connectivity index (χ0) is 15.7. The molecule has 0 spiro atoms. The van der Waals surface area contributed by atoms with Crippen LogP contribution in [0.1, 0.15) is 0 Å². The summed E-state index contributed by atoms with van der Waals surface area (Å²) in [6, 6.07) is 6.29. The molecule has 3 heterocycles. The summed E-state index contributed by atoms with van der Waals surface area (Å²) >= 11 is 5.74. The number of fused-ring (bicyclic) bond motifs is 1. The topological polar surface area (TPSA) is 39.9 Å². The molecule has 0 saturated heterocycles. The maximum atomic E-state index is 13.1. The van der Waals surface area contributed by atoms with Gasteiger partial charge in [0.15, 0.2) is 18.0 Å². The van der Waals surface area contributed by atoms with E-state index >= 15 is 0 Å². The van der Waals surface area contributed by atoms with Crippen LogP contribution in [-0.2, 0) is 0 Å². The van der Waals surface area contributed by atoms with Crippen molar-refractivity contribution in [3.63, 3.8) is 0 Å². The minimum absolute atomic E-state index is 0.0716. The van der Waals surface area contributed by atoms with Crippen molar-refractivity contribution in [1.82, 2.24) is 13.9 Å². The molecular weight excluding hydrogens is 339 g/mol. The van der Waals surface area contributed by atoms with Gasteiger partial charge >= 0.3 is 6.61 Å². The molecule has 4 nitrogen and oxygen atoms in total. The van der Waals surface area contributed by atoms with Gasteiger partial charge in [-0.25, -0.2) is 13.9 Å². The van der Waals surface area contributed by atoms with Crippen molar-refractivity contribution in [2.75, 3.05) is 0 Å². The Balaban J connectivity index is 2.23. The van der Waals surface area contributed by atoms with Crippen LogP contribution in [0.25, 0.3) is 22.2 Å². The van der Waals surface area contributed by atoms with Crippen LogP contribution >= 0.6 is 23.9 Å². The van der Waals surface area contributed by atoms with E-state index in [-0.39, 0.29) is 29.0 Å². The Labute approximate surface area is 132 Å². The smallest absolute Gasteiger partial charge is 0.388 e. The average Bonchev–Trinajstić information content (AvgIpc) is 2.85. The summed E-state index contributed by atoms with van der Waals surface area (Å²) in [6.45, 7) is -3.01. The molecule has 0 aromatic carbocycles. The lowest BCUT2D eigenvalue weighted by Gasteiger charge is -2.08. The maximum Gasteiger partial charge on any atom is 0.388 e. The van der Waals surface area contributed by atoms with Crippen molar-refractivity contribution < 1.29 is 17.4 Å². The molecule has 0 amide bonds. The molecule has 0 unspecified atom stereocenters. The number of hydrogen-bond donors (Lipinski definition) is 0. The van der Waals surface area contributed by atoms with E-state index in [2.05, 4.69) is 14.7 Å². The van der Waals surface area contributed by atoms with Crippen molar-refractivity contribution in [3.8, 4) is 17.0 Å². The van der Waals surface area contributed by atoms with Gasteiger partial charge in [0.2, 0.25) is 5.88 Å². The minimum atomic E-state index is -3.01. The van der Waals surface area contributed by atoms with Crippen LogP contribution in [0.5, 0.6) is 5.88 Å². The quantitative estimate of drug-likeness (QED) is 0.641. The number of hydrogen-bond acceptors (Lipinski definition) is 4. The SMILES string of the molecule is FSn1cc(-c2cccnc2OC(F)F)c2ccc(Cl)nc21. The molecule has 0 aliphatic carbocycles. The van der Waals surface area contributed by atoms with Gasteiger partial charge in [-0.1, -0.05) is 11.6 Å². The molecule has 3 rings (SSSR count). The molecule has 3 aromatic rings. The number of ether oxygens (including phenoxy) is 1. The second-order valence-corrected chi connectivity index (χ2v) is 5.10. The first-order chi connectivity index (χ1) is 10.6. The van der Waals surface area contributed by atoms with E-state index in [0.29, 0.717) is 16.5 Å². The van der Waals surface area contributed by atoms with Gasteiger partial charge < -0.3 is 4.74 Å². The highest BCUT2D eigenvalue weighted by molar-refractivity contribution is 7.92. The number of nitrogens with zero attached hydrogens (tertiary/aromatic N) is 3. The molecule has 114 valence electrons. The Kier molecular flexibility index (Phi) is 4.12. The highest BCUT2D eigenvalue weighted by atomic mass is 35.5. The van der Waals surface area contributed by atoms with E-state index in [1.165, 1.54) is 18.5 Å². The van der Waals surface area contributed by atoms with E-state index in [9.17, 15) is 12.7 Å². The number of aromatic nitrogens is 3. The van der Waals surface area contributed by atoms with Crippen LogP contribution in [0, 0.1) is 0 Å². The molecule has 0 bridgehead atoms. The van der Waals surface area contributed by atoms with Gasteiger partial charge in [0.25, 0.3) is 0 Å². The summed E-state index contributed by atoms with van der Waals surface area (Å²) in [5.74, 6) is -0.240. The summed E-state index contributed by atoms with van der Waals surface area (Å²) in [4.78, 5) is 7.84. The van der Waals surface area contributed by atoms with Gasteiger partial charge in [-0.05, 0) is 24.3 Å². The zero-order valence-electron chi connectivity index (χ0n) is 10.7. The Bertz CT molecular complexity index is 827. The van der Waals surface area contributed by atoms with E-state index in [1.807, 2.05) is 0 Å². The highest BCUT2D eigenvalue weighted by Gasteiger charge is 2.18. The van der Waals surface area contributed by atoms with Crippen molar-refractivity contribution in [3.05, 3.63) is 41.8 Å². The molecule has 0 aliphatic heterocycles. The molecular formula is C13H7ClF3N3OS. The minimum Gasteiger partial charge on any atom is -0.416 e. The second kappa shape index (κ2) is 6.05. The summed E-state index contributed by atoms with van der Waals surface area (Å²) < 4.78 is 43.6. The van der Waals surface area contributed by atoms with Gasteiger partial charge in [-0.2, -0.15) is 8.78 Å². The first-order valence-corrected chi connectivity index (χ1v) is 7.02. The predicted octanol–water partition coefficient (Wildman–Crippen LogP) is 4.73. The van der Waals surface area contributed by atoms with Crippen molar-refractivity contribution in [1.29, 1.82) is 0 Å². The van der Waals surface area contributed by atoms with E-state index < -0.39 is 6.61 Å². The van der Waals surface area contributed by atoms with Crippen LogP contribution in [0.2, 0.25) is 5.15 Å². The fourth-order valence-corrected chi connectivity index (χ4v) is 2.59. The maximum absolute atomic E-state index is 13.1. The van der Waals surface area contributed by atoms with Crippen LogP contribution < -0.4 is 4.74 Å². The van der Waals surface area contributed by atoms with Crippen molar-refractivity contribution in [2.24, 2.45) is 0 Å². The van der Waals surface area contributed by atoms with Gasteiger partial charge in [-0.15, -0.1) is 3.89 Å². The van der Waals surface area contributed by atoms with Crippen LogP contribution in [0.15, 0.2) is 36.7 Å². The molecule has 0 saturated carbocycles. The Morgan fingerprint density at radius 2 is 2.05 bits per heavy atom. The lowest BCUT2D eigenvalue weighted by molar-refractivity contribution is -0.0524. The third-order valence-electron chi connectivity index (χ3n) is 2.92. The average molecular weight is 346 g/mol. The van der Waals surface area contributed by atoms with Crippen LogP contribution in [-0.4, -0.2) is 20.6 Å².